The van der Waals surface area contributed by atoms with Gasteiger partial charge in [0.1, 0.15) is 5.75 Å². The van der Waals surface area contributed by atoms with E-state index in [9.17, 15) is 4.57 Å². The zero-order valence-corrected chi connectivity index (χ0v) is 16.0. The fourth-order valence-electron chi connectivity index (χ4n) is 2.80. The topological polar surface area (TPSA) is 60.6 Å². The molecule has 0 saturated heterocycles. The highest BCUT2D eigenvalue weighted by atomic mass is 31.2. The highest BCUT2D eigenvalue weighted by Crippen LogP contribution is 2.52. The van der Waals surface area contributed by atoms with E-state index < -0.39 is 7.82 Å². The van der Waals surface area contributed by atoms with Crippen LogP contribution in [-0.4, -0.2) is 4.98 Å². The molecule has 0 unspecified atom stereocenters. The molecule has 1 heterocycles. The van der Waals surface area contributed by atoms with Crippen LogP contribution in [0.1, 0.15) is 11.1 Å². The summed E-state index contributed by atoms with van der Waals surface area (Å²) in [6.07, 6.45) is 1.80. The van der Waals surface area contributed by atoms with Crippen molar-refractivity contribution in [1.82, 2.24) is 4.98 Å². The van der Waals surface area contributed by atoms with Gasteiger partial charge in [0, 0.05) is 17.1 Å². The number of phosphoric ester groups is 1. The third-order valence-corrected chi connectivity index (χ3v) is 5.54. The van der Waals surface area contributed by atoms with Gasteiger partial charge in [0.05, 0.1) is 13.2 Å². The summed E-state index contributed by atoms with van der Waals surface area (Å²) in [6, 6.07) is 26.4. The van der Waals surface area contributed by atoms with Crippen molar-refractivity contribution in [2.75, 3.05) is 0 Å². The van der Waals surface area contributed by atoms with Crippen LogP contribution in [-0.2, 0) is 26.8 Å². The lowest BCUT2D eigenvalue weighted by Gasteiger charge is -2.19. The normalized spacial score (nSPS) is 11.6. The van der Waals surface area contributed by atoms with Crippen LogP contribution in [0.5, 0.6) is 5.75 Å². The molecular weight excluding hydrogens is 373 g/mol. The Kier molecular flexibility index (Phi) is 5.58. The average molecular weight is 393 g/mol. The molecule has 4 aromatic rings. The Morgan fingerprint density at radius 2 is 1.32 bits per heavy atom. The first-order valence-corrected chi connectivity index (χ1v) is 10.4. The SMILES string of the molecule is O=P(OCc1ccccc1)(OCc1ccccc1)Oc1cccc2[nH]ccc12. The molecule has 0 fully saturated rings. The van der Waals surface area contributed by atoms with Gasteiger partial charge in [-0.1, -0.05) is 66.7 Å². The number of phosphoric acid groups is 1. The Morgan fingerprint density at radius 1 is 0.714 bits per heavy atom. The van der Waals surface area contributed by atoms with Gasteiger partial charge in [-0.05, 0) is 29.3 Å². The molecule has 142 valence electrons. The molecule has 3 aromatic carbocycles. The lowest BCUT2D eigenvalue weighted by atomic mass is 10.2. The second kappa shape index (κ2) is 8.44. The van der Waals surface area contributed by atoms with Crippen molar-refractivity contribution in [3.05, 3.63) is 102 Å². The van der Waals surface area contributed by atoms with E-state index in [0.29, 0.717) is 5.75 Å². The summed E-state index contributed by atoms with van der Waals surface area (Å²) in [5, 5.41) is 0.814. The Hall–Kier alpha value is -2.85. The van der Waals surface area contributed by atoms with Gasteiger partial charge in [0.15, 0.2) is 0 Å². The fraction of sp³-hybridized carbons (Fsp3) is 0.0909. The zero-order valence-electron chi connectivity index (χ0n) is 15.2. The number of fused-ring (bicyclic) bond motifs is 1. The van der Waals surface area contributed by atoms with Gasteiger partial charge in [-0.3, -0.25) is 9.05 Å². The number of hydrogen-bond acceptors (Lipinski definition) is 4. The molecule has 0 aliphatic rings. The maximum absolute atomic E-state index is 13.4. The van der Waals surface area contributed by atoms with Gasteiger partial charge >= 0.3 is 7.82 Å². The minimum absolute atomic E-state index is 0.121. The number of aromatic nitrogens is 1. The highest BCUT2D eigenvalue weighted by molar-refractivity contribution is 7.48. The van der Waals surface area contributed by atoms with Gasteiger partial charge < -0.3 is 9.51 Å². The van der Waals surface area contributed by atoms with Crippen LogP contribution in [0.15, 0.2) is 91.1 Å². The van der Waals surface area contributed by atoms with Crippen LogP contribution in [0.25, 0.3) is 10.9 Å². The molecule has 5 nitrogen and oxygen atoms in total. The zero-order chi connectivity index (χ0) is 19.2. The first-order valence-electron chi connectivity index (χ1n) is 8.94. The van der Waals surface area contributed by atoms with Crippen molar-refractivity contribution in [3.8, 4) is 5.75 Å². The third-order valence-electron chi connectivity index (χ3n) is 4.23. The van der Waals surface area contributed by atoms with Gasteiger partial charge in [-0.15, -0.1) is 0 Å². The molecular formula is C22H20NO4P. The number of aromatic amines is 1. The summed E-state index contributed by atoms with van der Waals surface area (Å²) in [5.74, 6) is 0.447. The van der Waals surface area contributed by atoms with E-state index in [2.05, 4.69) is 4.98 Å². The molecule has 0 amide bonds. The maximum Gasteiger partial charge on any atom is 0.530 e. The Morgan fingerprint density at radius 3 is 1.93 bits per heavy atom. The van der Waals surface area contributed by atoms with E-state index in [4.69, 9.17) is 13.6 Å². The molecule has 0 radical (unpaired) electrons. The molecule has 0 spiro atoms. The lowest BCUT2D eigenvalue weighted by Crippen LogP contribution is -2.03. The van der Waals surface area contributed by atoms with Gasteiger partial charge in [0.2, 0.25) is 0 Å². The second-order valence-corrected chi connectivity index (χ2v) is 7.85. The largest absolute Gasteiger partial charge is 0.530 e. The van der Waals surface area contributed by atoms with Crippen molar-refractivity contribution < 1.29 is 18.1 Å². The van der Waals surface area contributed by atoms with E-state index in [-0.39, 0.29) is 13.2 Å². The summed E-state index contributed by atoms with van der Waals surface area (Å²) in [5.41, 5.74) is 2.65. The number of H-pyrrole nitrogens is 1. The van der Waals surface area contributed by atoms with Crippen LogP contribution in [0.2, 0.25) is 0 Å². The van der Waals surface area contributed by atoms with Crippen LogP contribution in [0.3, 0.4) is 0 Å². The molecule has 0 aliphatic carbocycles. The molecule has 6 heteroatoms. The molecule has 0 bridgehead atoms. The van der Waals surface area contributed by atoms with E-state index in [1.807, 2.05) is 78.9 Å². The smallest absolute Gasteiger partial charge is 0.403 e. The van der Waals surface area contributed by atoms with Gasteiger partial charge in [0.25, 0.3) is 0 Å². The third kappa shape index (κ3) is 4.52. The van der Waals surface area contributed by atoms with Crippen molar-refractivity contribution >= 4 is 18.7 Å². The van der Waals surface area contributed by atoms with Crippen LogP contribution in [0, 0.1) is 0 Å². The van der Waals surface area contributed by atoms with Crippen molar-refractivity contribution in [3.63, 3.8) is 0 Å². The summed E-state index contributed by atoms with van der Waals surface area (Å²) >= 11 is 0. The number of benzene rings is 3. The van der Waals surface area contributed by atoms with E-state index in [1.54, 1.807) is 12.3 Å². The van der Waals surface area contributed by atoms with E-state index in [0.717, 1.165) is 22.0 Å². The molecule has 0 saturated carbocycles. The predicted molar refractivity (Wildman–Crippen MR) is 109 cm³/mol. The second-order valence-electron chi connectivity index (χ2n) is 6.25. The highest BCUT2D eigenvalue weighted by Gasteiger charge is 2.30. The maximum atomic E-state index is 13.4. The fourth-order valence-corrected chi connectivity index (χ4v) is 4.00. The van der Waals surface area contributed by atoms with Crippen LogP contribution in [0.4, 0.5) is 0 Å². The number of hydrogen-bond donors (Lipinski definition) is 1. The first-order chi connectivity index (χ1) is 13.7. The first kappa shape index (κ1) is 18.5. The van der Waals surface area contributed by atoms with Crippen LogP contribution < -0.4 is 4.52 Å². The molecule has 1 aromatic heterocycles. The Labute approximate surface area is 163 Å². The van der Waals surface area contributed by atoms with Gasteiger partial charge in [-0.2, -0.15) is 0 Å². The lowest BCUT2D eigenvalue weighted by molar-refractivity contribution is 0.143. The van der Waals surface area contributed by atoms with Gasteiger partial charge in [-0.25, -0.2) is 4.57 Å². The van der Waals surface area contributed by atoms with Crippen molar-refractivity contribution in [2.24, 2.45) is 0 Å². The molecule has 4 rings (SSSR count). The summed E-state index contributed by atoms with van der Waals surface area (Å²) in [4.78, 5) is 3.11. The van der Waals surface area contributed by atoms with E-state index in [1.165, 1.54) is 0 Å². The quantitative estimate of drug-likeness (QED) is 0.368. The van der Waals surface area contributed by atoms with E-state index >= 15 is 0 Å². The number of rotatable bonds is 8. The monoisotopic (exact) mass is 393 g/mol. The average Bonchev–Trinajstić information content (AvgIpc) is 3.23. The summed E-state index contributed by atoms with van der Waals surface area (Å²) < 4.78 is 30.6. The molecule has 28 heavy (non-hydrogen) atoms. The minimum Gasteiger partial charge on any atom is -0.403 e. The number of nitrogens with one attached hydrogen (secondary N) is 1. The Bertz CT molecular complexity index is 1030. The van der Waals surface area contributed by atoms with Crippen molar-refractivity contribution in [2.45, 2.75) is 13.2 Å². The van der Waals surface area contributed by atoms with Crippen LogP contribution >= 0.6 is 7.82 Å². The predicted octanol–water partition coefficient (Wildman–Crippen LogP) is 6.09. The minimum atomic E-state index is -3.87. The van der Waals surface area contributed by atoms with Crippen molar-refractivity contribution in [1.29, 1.82) is 0 Å². The molecule has 0 atom stereocenters. The summed E-state index contributed by atoms with van der Waals surface area (Å²) in [7, 11) is -3.87. The molecule has 0 aliphatic heterocycles. The standard InChI is InChI=1S/C22H20NO4P/c24-28(25-16-18-8-3-1-4-9-18,26-17-19-10-5-2-6-11-19)27-22-13-7-12-21-20(22)14-15-23-21/h1-15,23H,16-17H2. The molecule has 1 N–H and O–H groups in total. The Balaban J connectivity index is 1.56. The summed E-state index contributed by atoms with van der Waals surface area (Å²) in [6.45, 7) is 0.242.